The third-order valence-electron chi connectivity index (χ3n) is 4.28. The van der Waals surface area contributed by atoms with E-state index in [1.807, 2.05) is 18.4 Å². The summed E-state index contributed by atoms with van der Waals surface area (Å²) in [5, 5.41) is 5.60. The summed E-state index contributed by atoms with van der Waals surface area (Å²) in [5.41, 5.74) is 0. The molecule has 1 N–H and O–H groups in total. The van der Waals surface area contributed by atoms with Gasteiger partial charge in [-0.25, -0.2) is 0 Å². The second kappa shape index (κ2) is 8.91. The molecule has 6 heteroatoms. The molecule has 5 nitrogen and oxygen atoms in total. The first-order chi connectivity index (χ1) is 11.1. The van der Waals surface area contributed by atoms with E-state index in [1.165, 1.54) is 12.0 Å². The number of methoxy groups -OCH3 is 1. The minimum atomic E-state index is -0.0860. The lowest BCUT2D eigenvalue weighted by atomic mass is 9.97. The molecule has 0 bridgehead atoms. The minimum absolute atomic E-state index is 0.0344. The average molecular weight is 337 g/mol. The van der Waals surface area contributed by atoms with E-state index in [2.05, 4.69) is 39.6 Å². The number of piperidine rings is 1. The van der Waals surface area contributed by atoms with Crippen molar-refractivity contribution in [3.05, 3.63) is 22.4 Å². The number of esters is 1. The van der Waals surface area contributed by atoms with Crippen LogP contribution in [0.1, 0.15) is 24.6 Å². The van der Waals surface area contributed by atoms with Gasteiger partial charge >= 0.3 is 5.97 Å². The van der Waals surface area contributed by atoms with Crippen LogP contribution in [-0.4, -0.2) is 50.6 Å². The number of rotatable bonds is 5. The van der Waals surface area contributed by atoms with Crippen molar-refractivity contribution < 1.29 is 9.53 Å². The van der Waals surface area contributed by atoms with Gasteiger partial charge in [0, 0.05) is 31.6 Å². The molecule has 1 aromatic rings. The number of carbonyl (C=O) groups is 1. The molecule has 128 valence electrons. The fourth-order valence-corrected chi connectivity index (χ4v) is 3.81. The summed E-state index contributed by atoms with van der Waals surface area (Å²) in [7, 11) is 3.28. The van der Waals surface area contributed by atoms with E-state index in [0.29, 0.717) is 5.92 Å². The van der Waals surface area contributed by atoms with Crippen LogP contribution in [0.2, 0.25) is 0 Å². The van der Waals surface area contributed by atoms with E-state index in [0.717, 1.165) is 44.9 Å². The summed E-state index contributed by atoms with van der Waals surface area (Å²) in [5.74, 6) is 1.44. The number of nitrogens with one attached hydrogen (secondary N) is 1. The van der Waals surface area contributed by atoms with Crippen LogP contribution in [0.15, 0.2) is 22.5 Å². The van der Waals surface area contributed by atoms with Crippen LogP contribution >= 0.6 is 11.3 Å². The maximum atomic E-state index is 11.6. The molecule has 2 heterocycles. The van der Waals surface area contributed by atoms with Crippen LogP contribution in [0, 0.1) is 11.8 Å². The number of guanidine groups is 1. The molecular formula is C17H27N3O2S. The van der Waals surface area contributed by atoms with Crippen molar-refractivity contribution in [2.45, 2.75) is 26.2 Å². The van der Waals surface area contributed by atoms with Gasteiger partial charge in [0.25, 0.3) is 0 Å². The van der Waals surface area contributed by atoms with Crippen LogP contribution in [0.5, 0.6) is 0 Å². The maximum Gasteiger partial charge on any atom is 0.308 e. The Kier molecular flexibility index (Phi) is 6.89. The fraction of sp³-hybridized carbons (Fsp3) is 0.647. The second-order valence-electron chi connectivity index (χ2n) is 6.10. The molecule has 0 radical (unpaired) electrons. The van der Waals surface area contributed by atoms with Gasteiger partial charge in [-0.05, 0) is 36.6 Å². The highest BCUT2D eigenvalue weighted by molar-refractivity contribution is 7.09. The average Bonchev–Trinajstić information content (AvgIpc) is 3.08. The molecule has 1 aliphatic rings. The maximum absolute atomic E-state index is 11.6. The fourth-order valence-electron chi connectivity index (χ4n) is 2.94. The molecular weight excluding hydrogens is 310 g/mol. The number of carbonyl (C=O) groups excluding carboxylic acids is 1. The van der Waals surface area contributed by atoms with Gasteiger partial charge in [0.15, 0.2) is 5.96 Å². The van der Waals surface area contributed by atoms with Crippen LogP contribution in [0.25, 0.3) is 0 Å². The molecule has 0 spiro atoms. The second-order valence-corrected chi connectivity index (χ2v) is 7.13. The Morgan fingerprint density at radius 1 is 1.52 bits per heavy atom. The van der Waals surface area contributed by atoms with Crippen molar-refractivity contribution in [1.29, 1.82) is 0 Å². The van der Waals surface area contributed by atoms with E-state index < -0.39 is 0 Å². The highest BCUT2D eigenvalue weighted by atomic mass is 32.1. The van der Waals surface area contributed by atoms with Gasteiger partial charge < -0.3 is 15.0 Å². The van der Waals surface area contributed by atoms with Gasteiger partial charge in [0.1, 0.15) is 0 Å². The first-order valence-electron chi connectivity index (χ1n) is 8.19. The van der Waals surface area contributed by atoms with Gasteiger partial charge in [-0.15, -0.1) is 11.3 Å². The summed E-state index contributed by atoms with van der Waals surface area (Å²) < 4.78 is 4.84. The molecule has 1 aromatic heterocycles. The summed E-state index contributed by atoms with van der Waals surface area (Å²) in [6.07, 6.45) is 2.75. The Morgan fingerprint density at radius 3 is 2.83 bits per heavy atom. The number of hydrogen-bond acceptors (Lipinski definition) is 4. The van der Waals surface area contributed by atoms with Gasteiger partial charge in [-0.1, -0.05) is 13.0 Å². The molecule has 2 rings (SSSR count). The highest BCUT2D eigenvalue weighted by Crippen LogP contribution is 2.18. The topological polar surface area (TPSA) is 53.9 Å². The third-order valence-corrected chi connectivity index (χ3v) is 5.18. The monoisotopic (exact) mass is 337 g/mol. The lowest BCUT2D eigenvalue weighted by Crippen LogP contribution is -2.47. The van der Waals surface area contributed by atoms with Gasteiger partial charge in [-0.3, -0.25) is 9.79 Å². The Morgan fingerprint density at radius 2 is 2.26 bits per heavy atom. The number of ether oxygens (including phenoxy) is 1. The molecule has 23 heavy (non-hydrogen) atoms. The van der Waals surface area contributed by atoms with Crippen LogP contribution in [0.4, 0.5) is 0 Å². The Labute approximate surface area is 142 Å². The standard InChI is InChI=1S/C17H27N3O2S/c1-13(11-15-5-4-10-23-15)12-19-17(18-2)20-8-6-14(7-9-20)16(21)22-3/h4-5,10,13-14H,6-9,11-12H2,1-3H3,(H,18,19). The van der Waals surface area contributed by atoms with Crippen molar-refractivity contribution in [3.8, 4) is 0 Å². The predicted molar refractivity (Wildman–Crippen MR) is 94.9 cm³/mol. The van der Waals surface area contributed by atoms with Crippen LogP contribution in [0.3, 0.4) is 0 Å². The van der Waals surface area contributed by atoms with Crippen molar-refractivity contribution in [1.82, 2.24) is 10.2 Å². The minimum Gasteiger partial charge on any atom is -0.469 e. The molecule has 1 unspecified atom stereocenters. The molecule has 1 saturated heterocycles. The molecule has 1 atom stereocenters. The van der Waals surface area contributed by atoms with Crippen molar-refractivity contribution >= 4 is 23.3 Å². The van der Waals surface area contributed by atoms with Crippen molar-refractivity contribution in [2.75, 3.05) is 33.8 Å². The number of thiophene rings is 1. The zero-order chi connectivity index (χ0) is 16.7. The zero-order valence-electron chi connectivity index (χ0n) is 14.2. The number of nitrogens with zero attached hydrogens (tertiary/aromatic N) is 2. The van der Waals surface area contributed by atoms with Crippen LogP contribution in [-0.2, 0) is 16.0 Å². The lowest BCUT2D eigenvalue weighted by Gasteiger charge is -2.33. The molecule has 1 fully saturated rings. The van der Waals surface area contributed by atoms with Gasteiger partial charge in [-0.2, -0.15) is 0 Å². The number of hydrogen-bond donors (Lipinski definition) is 1. The zero-order valence-corrected chi connectivity index (χ0v) is 15.1. The first-order valence-corrected chi connectivity index (χ1v) is 9.07. The van der Waals surface area contributed by atoms with E-state index in [9.17, 15) is 4.79 Å². The first kappa shape index (κ1) is 17.8. The SMILES string of the molecule is CN=C(NCC(C)Cc1cccs1)N1CCC(C(=O)OC)CC1. The molecule has 0 aromatic carbocycles. The quantitative estimate of drug-likeness (QED) is 0.509. The smallest absolute Gasteiger partial charge is 0.308 e. The van der Waals surface area contributed by atoms with E-state index in [-0.39, 0.29) is 11.9 Å². The predicted octanol–water partition coefficient (Wildman–Crippen LogP) is 2.39. The Hall–Kier alpha value is -1.56. The van der Waals surface area contributed by atoms with E-state index in [1.54, 1.807) is 0 Å². The molecule has 0 saturated carbocycles. The van der Waals surface area contributed by atoms with E-state index in [4.69, 9.17) is 4.74 Å². The highest BCUT2D eigenvalue weighted by Gasteiger charge is 2.27. The third kappa shape index (κ3) is 5.23. The summed E-state index contributed by atoms with van der Waals surface area (Å²) in [6.45, 7) is 4.85. The normalized spacial score (nSPS) is 17.9. The lowest BCUT2D eigenvalue weighted by molar-refractivity contribution is -0.146. The van der Waals surface area contributed by atoms with Crippen molar-refractivity contribution in [3.63, 3.8) is 0 Å². The Balaban J connectivity index is 1.76. The summed E-state index contributed by atoms with van der Waals surface area (Å²) in [4.78, 5) is 19.6. The van der Waals surface area contributed by atoms with E-state index >= 15 is 0 Å². The summed E-state index contributed by atoms with van der Waals surface area (Å²) in [6, 6.07) is 4.29. The van der Waals surface area contributed by atoms with Crippen LogP contribution < -0.4 is 5.32 Å². The van der Waals surface area contributed by atoms with Crippen molar-refractivity contribution in [2.24, 2.45) is 16.8 Å². The van der Waals surface area contributed by atoms with Gasteiger partial charge in [0.05, 0.1) is 13.0 Å². The number of likely N-dealkylation sites (tertiary alicyclic amines) is 1. The summed E-state index contributed by atoms with van der Waals surface area (Å²) >= 11 is 1.81. The molecule has 0 amide bonds. The molecule has 0 aliphatic carbocycles. The Bertz CT molecular complexity index is 508. The largest absolute Gasteiger partial charge is 0.469 e. The number of aliphatic imine (C=N–C) groups is 1. The molecule has 1 aliphatic heterocycles. The van der Waals surface area contributed by atoms with Gasteiger partial charge in [0.2, 0.25) is 0 Å².